The molecule has 2 heterocycles. The quantitative estimate of drug-likeness (QED) is 0.422. The molecule has 0 unspecified atom stereocenters. The summed E-state index contributed by atoms with van der Waals surface area (Å²) in [6.45, 7) is 7.09. The van der Waals surface area contributed by atoms with Crippen LogP contribution in [0, 0.1) is 5.82 Å². The van der Waals surface area contributed by atoms with Crippen LogP contribution < -0.4 is 10.2 Å². The van der Waals surface area contributed by atoms with Gasteiger partial charge in [0.05, 0.1) is 12.7 Å². The fourth-order valence-electron chi connectivity index (χ4n) is 2.97. The van der Waals surface area contributed by atoms with Crippen molar-refractivity contribution in [1.82, 2.24) is 20.0 Å². The lowest BCUT2D eigenvalue weighted by Crippen LogP contribution is -2.52. The highest BCUT2D eigenvalue weighted by atomic mass is 127. The van der Waals surface area contributed by atoms with Gasteiger partial charge in [0.2, 0.25) is 0 Å². The number of guanidine groups is 1. The predicted octanol–water partition coefficient (Wildman–Crippen LogP) is 2.46. The van der Waals surface area contributed by atoms with Crippen LogP contribution in [0.5, 0.6) is 0 Å². The molecule has 1 N–H and O–H groups in total. The van der Waals surface area contributed by atoms with Gasteiger partial charge in [0.25, 0.3) is 0 Å². The molecule has 1 fully saturated rings. The maximum Gasteiger partial charge on any atom is 0.194 e. The van der Waals surface area contributed by atoms with E-state index in [1.54, 1.807) is 4.68 Å². The third-order valence-electron chi connectivity index (χ3n) is 4.28. The number of nitrogens with one attached hydrogen (secondary N) is 1. The summed E-state index contributed by atoms with van der Waals surface area (Å²) in [5.41, 5.74) is 2.17. The second-order valence-corrected chi connectivity index (χ2v) is 6.14. The molecular weight excluding hydrogens is 446 g/mol. The van der Waals surface area contributed by atoms with E-state index in [0.29, 0.717) is 6.54 Å². The van der Waals surface area contributed by atoms with E-state index in [-0.39, 0.29) is 29.8 Å². The summed E-state index contributed by atoms with van der Waals surface area (Å²) in [5, 5.41) is 7.55. The van der Waals surface area contributed by atoms with Crippen LogP contribution in [0.3, 0.4) is 0 Å². The summed E-state index contributed by atoms with van der Waals surface area (Å²) in [6.07, 6.45) is 3.83. The molecule has 0 aliphatic carbocycles. The Hall–Kier alpha value is -1.84. The lowest BCUT2D eigenvalue weighted by Gasteiger charge is -2.37. The van der Waals surface area contributed by atoms with Crippen LogP contribution in [0.15, 0.2) is 41.7 Å². The van der Waals surface area contributed by atoms with Crippen LogP contribution in [0.1, 0.15) is 12.5 Å². The molecule has 26 heavy (non-hydrogen) atoms. The Labute approximate surface area is 171 Å². The van der Waals surface area contributed by atoms with E-state index in [1.165, 1.54) is 12.1 Å². The molecule has 0 amide bonds. The zero-order chi connectivity index (χ0) is 17.6. The van der Waals surface area contributed by atoms with E-state index in [0.717, 1.165) is 49.9 Å². The first kappa shape index (κ1) is 20.5. The zero-order valence-electron chi connectivity index (χ0n) is 15.2. The molecular formula is C18H26FIN6. The van der Waals surface area contributed by atoms with Gasteiger partial charge in [-0.2, -0.15) is 5.10 Å². The number of benzene rings is 1. The SMILES string of the molecule is CCNC(=NCc1cnn(C)c1)N1CCN(c2ccc(F)cc2)CC1.I. The average molecular weight is 472 g/mol. The van der Waals surface area contributed by atoms with Gasteiger partial charge >= 0.3 is 0 Å². The highest BCUT2D eigenvalue weighted by molar-refractivity contribution is 14.0. The Bertz CT molecular complexity index is 707. The Kier molecular flexibility index (Phi) is 7.67. The lowest BCUT2D eigenvalue weighted by molar-refractivity contribution is 0.372. The molecule has 0 bridgehead atoms. The van der Waals surface area contributed by atoms with Crippen LogP contribution >= 0.6 is 24.0 Å². The lowest BCUT2D eigenvalue weighted by atomic mass is 10.2. The van der Waals surface area contributed by atoms with Gasteiger partial charge in [-0.05, 0) is 31.2 Å². The van der Waals surface area contributed by atoms with Gasteiger partial charge in [-0.3, -0.25) is 4.68 Å². The molecule has 3 rings (SSSR count). The van der Waals surface area contributed by atoms with E-state index < -0.39 is 0 Å². The van der Waals surface area contributed by atoms with Crippen molar-refractivity contribution in [3.8, 4) is 0 Å². The number of hydrogen-bond acceptors (Lipinski definition) is 3. The molecule has 1 aromatic carbocycles. The molecule has 1 aromatic heterocycles. The van der Waals surface area contributed by atoms with Crippen LogP contribution in [-0.4, -0.2) is 53.4 Å². The van der Waals surface area contributed by atoms with Gasteiger partial charge in [0.1, 0.15) is 5.82 Å². The standard InChI is InChI=1S/C18H25FN6.HI/c1-3-20-18(21-12-15-13-22-23(2)14-15)25-10-8-24(9-11-25)17-6-4-16(19)5-7-17;/h4-7,13-14H,3,8-12H2,1-2H3,(H,20,21);1H. The molecule has 142 valence electrons. The van der Waals surface area contributed by atoms with Crippen molar-refractivity contribution in [2.45, 2.75) is 13.5 Å². The van der Waals surface area contributed by atoms with Crippen LogP contribution in [-0.2, 0) is 13.6 Å². The monoisotopic (exact) mass is 472 g/mol. The van der Waals surface area contributed by atoms with Gasteiger partial charge in [0, 0.05) is 57.2 Å². The van der Waals surface area contributed by atoms with E-state index in [1.807, 2.05) is 31.6 Å². The van der Waals surface area contributed by atoms with E-state index >= 15 is 0 Å². The summed E-state index contributed by atoms with van der Waals surface area (Å²) in [7, 11) is 1.91. The summed E-state index contributed by atoms with van der Waals surface area (Å²) in [5.74, 6) is 0.740. The van der Waals surface area contributed by atoms with Crippen molar-refractivity contribution >= 4 is 35.6 Å². The van der Waals surface area contributed by atoms with Crippen molar-refractivity contribution in [1.29, 1.82) is 0 Å². The number of halogens is 2. The fraction of sp³-hybridized carbons (Fsp3) is 0.444. The van der Waals surface area contributed by atoms with Gasteiger partial charge in [-0.25, -0.2) is 9.38 Å². The molecule has 8 heteroatoms. The third-order valence-corrected chi connectivity index (χ3v) is 4.28. The summed E-state index contributed by atoms with van der Waals surface area (Å²) in [4.78, 5) is 9.30. The highest BCUT2D eigenvalue weighted by Gasteiger charge is 2.19. The topological polar surface area (TPSA) is 48.7 Å². The van der Waals surface area contributed by atoms with Crippen molar-refractivity contribution in [2.75, 3.05) is 37.6 Å². The predicted molar refractivity (Wildman–Crippen MR) is 114 cm³/mol. The molecule has 2 aromatic rings. The van der Waals surface area contributed by atoms with Crippen molar-refractivity contribution in [3.63, 3.8) is 0 Å². The van der Waals surface area contributed by atoms with Crippen LogP contribution in [0.4, 0.5) is 10.1 Å². The first-order valence-electron chi connectivity index (χ1n) is 8.67. The fourth-order valence-corrected chi connectivity index (χ4v) is 2.97. The summed E-state index contributed by atoms with van der Waals surface area (Å²) >= 11 is 0. The molecule has 0 spiro atoms. The Balaban J connectivity index is 0.00000243. The molecule has 1 saturated heterocycles. The number of aliphatic imine (C=N–C) groups is 1. The zero-order valence-corrected chi connectivity index (χ0v) is 17.6. The Morgan fingerprint density at radius 2 is 1.88 bits per heavy atom. The number of hydrogen-bond donors (Lipinski definition) is 1. The second kappa shape index (κ2) is 9.75. The summed E-state index contributed by atoms with van der Waals surface area (Å²) in [6, 6.07) is 6.71. The normalized spacial score (nSPS) is 15.0. The van der Waals surface area contributed by atoms with E-state index in [2.05, 4.69) is 27.1 Å². The first-order valence-corrected chi connectivity index (χ1v) is 8.67. The largest absolute Gasteiger partial charge is 0.368 e. The van der Waals surface area contributed by atoms with Crippen molar-refractivity contribution < 1.29 is 4.39 Å². The Morgan fingerprint density at radius 3 is 2.46 bits per heavy atom. The molecule has 0 atom stereocenters. The van der Waals surface area contributed by atoms with E-state index in [9.17, 15) is 4.39 Å². The second-order valence-electron chi connectivity index (χ2n) is 6.14. The molecule has 0 radical (unpaired) electrons. The van der Waals surface area contributed by atoms with Crippen molar-refractivity contribution in [3.05, 3.63) is 48.0 Å². The molecule has 6 nitrogen and oxygen atoms in total. The average Bonchev–Trinajstić information content (AvgIpc) is 3.05. The number of rotatable bonds is 4. The minimum atomic E-state index is -0.195. The minimum absolute atomic E-state index is 0. The highest BCUT2D eigenvalue weighted by Crippen LogP contribution is 2.17. The van der Waals surface area contributed by atoms with E-state index in [4.69, 9.17) is 4.99 Å². The number of anilines is 1. The molecule has 0 saturated carbocycles. The summed E-state index contributed by atoms with van der Waals surface area (Å²) < 4.78 is 14.9. The van der Waals surface area contributed by atoms with Gasteiger partial charge < -0.3 is 15.1 Å². The van der Waals surface area contributed by atoms with Gasteiger partial charge in [-0.1, -0.05) is 0 Å². The Morgan fingerprint density at radius 1 is 1.19 bits per heavy atom. The minimum Gasteiger partial charge on any atom is -0.368 e. The number of piperazine rings is 1. The number of nitrogens with zero attached hydrogens (tertiary/aromatic N) is 5. The van der Waals surface area contributed by atoms with Gasteiger partial charge in [0.15, 0.2) is 5.96 Å². The first-order chi connectivity index (χ1) is 12.2. The maximum absolute atomic E-state index is 13.1. The third kappa shape index (κ3) is 5.33. The smallest absolute Gasteiger partial charge is 0.194 e. The maximum atomic E-state index is 13.1. The number of aryl methyl sites for hydroxylation is 1. The molecule has 1 aliphatic rings. The van der Waals surface area contributed by atoms with Crippen LogP contribution in [0.25, 0.3) is 0 Å². The number of aromatic nitrogens is 2. The van der Waals surface area contributed by atoms with Crippen molar-refractivity contribution in [2.24, 2.45) is 12.0 Å². The molecule has 1 aliphatic heterocycles. The van der Waals surface area contributed by atoms with Gasteiger partial charge in [-0.15, -0.1) is 24.0 Å². The van der Waals surface area contributed by atoms with Crippen LogP contribution in [0.2, 0.25) is 0 Å².